The van der Waals surface area contributed by atoms with E-state index in [-0.39, 0.29) is 0 Å². The Balaban J connectivity index is 0.000000211. The van der Waals surface area contributed by atoms with E-state index < -0.39 is 0 Å². The van der Waals surface area contributed by atoms with E-state index in [1.807, 2.05) is 0 Å². The van der Waals surface area contributed by atoms with E-state index in [1.165, 1.54) is 48.3 Å². The summed E-state index contributed by atoms with van der Waals surface area (Å²) in [6.45, 7) is 22.7. The SMILES string of the molecule is CCc1ccc(N2CCC(C(C)C)CC2)nc1OC.Cc1nc(N2CCC(C(C)C)CC2)ccc1C(C)C. The minimum atomic E-state index is 0.563. The maximum Gasteiger partial charge on any atom is 0.218 e. The summed E-state index contributed by atoms with van der Waals surface area (Å²) >= 11 is 0. The van der Waals surface area contributed by atoms with Crippen molar-refractivity contribution >= 4 is 11.6 Å². The normalized spacial score (nSPS) is 17.3. The minimum Gasteiger partial charge on any atom is -0.481 e. The van der Waals surface area contributed by atoms with Crippen LogP contribution in [0.2, 0.25) is 0 Å². The Morgan fingerprint density at radius 3 is 1.63 bits per heavy atom. The summed E-state index contributed by atoms with van der Waals surface area (Å²) in [5.74, 6) is 6.96. The monoisotopic (exact) mass is 522 g/mol. The van der Waals surface area contributed by atoms with Gasteiger partial charge < -0.3 is 14.5 Å². The molecule has 2 aromatic heterocycles. The standard InChI is InChI=1S/C17H28N2.C16H26N2O/c1-12(2)15-8-10-19(11-9-15)17-7-6-16(13(3)4)14(5)18-17;1-5-13-6-7-15(17-16(13)19-4)18-10-8-14(9-11-18)12(2)3/h6-7,12-13,15H,8-11H2,1-5H3;6-7,12,14H,5,8-11H2,1-4H3. The molecule has 2 aromatic rings. The first-order valence-corrected chi connectivity index (χ1v) is 15.2. The zero-order chi connectivity index (χ0) is 27.8. The van der Waals surface area contributed by atoms with Gasteiger partial charge in [0, 0.05) is 37.4 Å². The Labute approximate surface area is 233 Å². The van der Waals surface area contributed by atoms with E-state index >= 15 is 0 Å². The van der Waals surface area contributed by atoms with Gasteiger partial charge in [-0.05, 0) is 92.4 Å². The lowest BCUT2D eigenvalue weighted by atomic mass is 9.87. The van der Waals surface area contributed by atoms with Crippen LogP contribution >= 0.6 is 0 Å². The van der Waals surface area contributed by atoms with Crippen molar-refractivity contribution in [2.24, 2.45) is 23.7 Å². The summed E-state index contributed by atoms with van der Waals surface area (Å²) in [5.41, 5.74) is 3.75. The van der Waals surface area contributed by atoms with Gasteiger partial charge in [-0.2, -0.15) is 4.98 Å². The van der Waals surface area contributed by atoms with Gasteiger partial charge in [-0.1, -0.05) is 54.5 Å². The largest absolute Gasteiger partial charge is 0.481 e. The molecule has 0 spiro atoms. The summed E-state index contributed by atoms with van der Waals surface area (Å²) in [6, 6.07) is 8.75. The number of rotatable bonds is 7. The van der Waals surface area contributed by atoms with E-state index in [4.69, 9.17) is 9.72 Å². The molecule has 2 aliphatic heterocycles. The molecule has 0 aliphatic carbocycles. The fourth-order valence-electron chi connectivity index (χ4n) is 6.02. The zero-order valence-corrected chi connectivity index (χ0v) is 25.8. The van der Waals surface area contributed by atoms with Crippen molar-refractivity contribution in [1.29, 1.82) is 0 Å². The van der Waals surface area contributed by atoms with Gasteiger partial charge in [0.25, 0.3) is 0 Å². The smallest absolute Gasteiger partial charge is 0.218 e. The summed E-state index contributed by atoms with van der Waals surface area (Å²) in [4.78, 5) is 14.3. The first-order valence-electron chi connectivity index (χ1n) is 15.2. The lowest BCUT2D eigenvalue weighted by Gasteiger charge is -2.34. The molecule has 5 nitrogen and oxygen atoms in total. The Kier molecular flexibility index (Phi) is 11.3. The predicted molar refractivity (Wildman–Crippen MR) is 163 cm³/mol. The maximum atomic E-state index is 5.39. The molecule has 0 bridgehead atoms. The molecule has 0 radical (unpaired) electrons. The number of methoxy groups -OCH3 is 1. The molecule has 0 unspecified atom stereocenters. The van der Waals surface area contributed by atoms with Gasteiger partial charge in [-0.25, -0.2) is 4.98 Å². The molecule has 38 heavy (non-hydrogen) atoms. The number of ether oxygens (including phenoxy) is 1. The van der Waals surface area contributed by atoms with E-state index in [2.05, 4.69) is 94.4 Å². The van der Waals surface area contributed by atoms with E-state index in [9.17, 15) is 0 Å². The van der Waals surface area contributed by atoms with Crippen molar-refractivity contribution in [1.82, 2.24) is 9.97 Å². The molecular formula is C33H54N4O. The Morgan fingerprint density at radius 1 is 0.763 bits per heavy atom. The quantitative estimate of drug-likeness (QED) is 0.369. The van der Waals surface area contributed by atoms with E-state index in [1.54, 1.807) is 7.11 Å². The fraction of sp³-hybridized carbons (Fsp3) is 0.697. The number of piperidine rings is 2. The van der Waals surface area contributed by atoms with Crippen LogP contribution in [-0.4, -0.2) is 43.3 Å². The van der Waals surface area contributed by atoms with Gasteiger partial charge in [0.1, 0.15) is 11.6 Å². The lowest BCUT2D eigenvalue weighted by Crippen LogP contribution is -2.35. The minimum absolute atomic E-state index is 0.563. The first kappa shape index (κ1) is 30.2. The van der Waals surface area contributed by atoms with E-state index in [0.29, 0.717) is 5.92 Å². The number of aryl methyl sites for hydroxylation is 2. The highest BCUT2D eigenvalue weighted by molar-refractivity contribution is 5.45. The first-order chi connectivity index (χ1) is 18.1. The van der Waals surface area contributed by atoms with Crippen LogP contribution in [0.25, 0.3) is 0 Å². The van der Waals surface area contributed by atoms with Crippen molar-refractivity contribution in [3.63, 3.8) is 0 Å². The van der Waals surface area contributed by atoms with Crippen LogP contribution in [0.15, 0.2) is 24.3 Å². The van der Waals surface area contributed by atoms with Crippen molar-refractivity contribution in [2.45, 2.75) is 93.4 Å². The highest BCUT2D eigenvalue weighted by Crippen LogP contribution is 2.30. The molecule has 2 saturated heterocycles. The summed E-state index contributed by atoms with van der Waals surface area (Å²) in [6.07, 6.45) is 6.13. The Hall–Kier alpha value is -2.30. The van der Waals surface area contributed by atoms with Crippen LogP contribution in [0.1, 0.15) is 96.9 Å². The third kappa shape index (κ3) is 7.86. The van der Waals surface area contributed by atoms with E-state index in [0.717, 1.165) is 68.0 Å². The zero-order valence-electron chi connectivity index (χ0n) is 25.8. The molecule has 5 heteroatoms. The maximum absolute atomic E-state index is 5.39. The van der Waals surface area contributed by atoms with Crippen LogP contribution in [0, 0.1) is 30.6 Å². The summed E-state index contributed by atoms with van der Waals surface area (Å²) < 4.78 is 5.39. The number of pyridine rings is 2. The predicted octanol–water partition coefficient (Wildman–Crippen LogP) is 7.91. The van der Waals surface area contributed by atoms with Crippen LogP contribution in [0.5, 0.6) is 5.88 Å². The molecule has 2 aliphatic rings. The van der Waals surface area contributed by atoms with Crippen LogP contribution < -0.4 is 14.5 Å². The van der Waals surface area contributed by atoms with Crippen LogP contribution in [0.3, 0.4) is 0 Å². The second kappa shape index (κ2) is 14.2. The highest BCUT2D eigenvalue weighted by Gasteiger charge is 2.24. The topological polar surface area (TPSA) is 41.5 Å². The molecule has 0 N–H and O–H groups in total. The molecule has 4 heterocycles. The number of nitrogens with zero attached hydrogens (tertiary/aromatic N) is 4. The van der Waals surface area contributed by atoms with Crippen molar-refractivity contribution in [3.8, 4) is 5.88 Å². The Morgan fingerprint density at radius 2 is 1.24 bits per heavy atom. The van der Waals surface area contributed by atoms with Gasteiger partial charge in [0.15, 0.2) is 0 Å². The highest BCUT2D eigenvalue weighted by atomic mass is 16.5. The molecule has 0 atom stereocenters. The van der Waals surface area contributed by atoms with Gasteiger partial charge in [-0.3, -0.25) is 0 Å². The molecular weight excluding hydrogens is 468 g/mol. The lowest BCUT2D eigenvalue weighted by molar-refractivity contribution is 0.310. The number of hydrogen-bond donors (Lipinski definition) is 0. The third-order valence-electron chi connectivity index (χ3n) is 8.85. The molecule has 0 amide bonds. The average molecular weight is 523 g/mol. The van der Waals surface area contributed by atoms with Gasteiger partial charge in [0.05, 0.1) is 7.11 Å². The Bertz CT molecular complexity index is 986. The fourth-order valence-corrected chi connectivity index (χ4v) is 6.02. The molecule has 4 rings (SSSR count). The van der Waals surface area contributed by atoms with Crippen molar-refractivity contribution < 1.29 is 4.74 Å². The average Bonchev–Trinajstić information content (AvgIpc) is 2.92. The van der Waals surface area contributed by atoms with Crippen molar-refractivity contribution in [3.05, 3.63) is 41.1 Å². The number of anilines is 2. The molecule has 0 saturated carbocycles. The van der Waals surface area contributed by atoms with Crippen molar-refractivity contribution in [2.75, 3.05) is 43.1 Å². The van der Waals surface area contributed by atoms with Gasteiger partial charge in [0.2, 0.25) is 5.88 Å². The third-order valence-corrected chi connectivity index (χ3v) is 8.85. The second-order valence-corrected chi connectivity index (χ2v) is 12.3. The van der Waals surface area contributed by atoms with Crippen LogP contribution in [0.4, 0.5) is 11.6 Å². The van der Waals surface area contributed by atoms with Gasteiger partial charge >= 0.3 is 0 Å². The number of hydrogen-bond acceptors (Lipinski definition) is 5. The van der Waals surface area contributed by atoms with Gasteiger partial charge in [-0.15, -0.1) is 0 Å². The summed E-state index contributed by atoms with van der Waals surface area (Å²) in [5, 5.41) is 0. The summed E-state index contributed by atoms with van der Waals surface area (Å²) in [7, 11) is 1.70. The number of aromatic nitrogens is 2. The second-order valence-electron chi connectivity index (χ2n) is 12.3. The molecule has 212 valence electrons. The molecule has 2 fully saturated rings. The molecule has 0 aromatic carbocycles. The van der Waals surface area contributed by atoms with Crippen LogP contribution in [-0.2, 0) is 6.42 Å².